The zero-order chi connectivity index (χ0) is 32.0. The first-order chi connectivity index (χ1) is 20.6. The Morgan fingerprint density at radius 3 is 2.27 bits per heavy atom. The molecule has 0 radical (unpaired) electrons. The molecule has 2 aromatic rings. The second-order valence-corrected chi connectivity index (χ2v) is 11.9. The smallest absolute Gasteiger partial charge is 0.416 e. The van der Waals surface area contributed by atoms with Gasteiger partial charge in [-0.1, -0.05) is 26.2 Å². The van der Waals surface area contributed by atoms with Gasteiger partial charge in [0.05, 0.1) is 42.1 Å². The summed E-state index contributed by atoms with van der Waals surface area (Å²) in [6, 6.07) is 1.92. The molecule has 44 heavy (non-hydrogen) atoms. The number of nitrogens with zero attached hydrogens (tertiary/aromatic N) is 3. The number of benzene rings is 1. The number of aromatic nitrogens is 1. The predicted octanol–water partition coefficient (Wildman–Crippen LogP) is 8.43. The number of alkyl halides is 8. The molecular weight excluding hydrogens is 600 g/mol. The second-order valence-electron chi connectivity index (χ2n) is 11.9. The second kappa shape index (κ2) is 11.9. The molecule has 6 nitrogen and oxygen atoms in total. The van der Waals surface area contributed by atoms with Gasteiger partial charge in [0.1, 0.15) is 11.9 Å². The van der Waals surface area contributed by atoms with Crippen LogP contribution in [0.25, 0.3) is 0 Å². The lowest BCUT2D eigenvalue weighted by atomic mass is 9.83. The van der Waals surface area contributed by atoms with Gasteiger partial charge in [0.25, 0.3) is 5.92 Å². The Morgan fingerprint density at radius 1 is 1.02 bits per heavy atom. The molecule has 1 aromatic heterocycles. The van der Waals surface area contributed by atoms with Crippen LogP contribution in [0.2, 0.25) is 0 Å². The first-order valence-corrected chi connectivity index (χ1v) is 14.7. The fourth-order valence-electron chi connectivity index (χ4n) is 6.43. The number of carbonyl (C=O) groups is 1. The number of hydrogen-bond donors (Lipinski definition) is 1. The van der Waals surface area contributed by atoms with E-state index in [0.717, 1.165) is 32.1 Å². The van der Waals surface area contributed by atoms with E-state index in [-0.39, 0.29) is 31.6 Å². The fourth-order valence-corrected chi connectivity index (χ4v) is 6.43. The number of pyridine rings is 1. The van der Waals surface area contributed by atoms with Gasteiger partial charge in [-0.15, -0.1) is 0 Å². The number of anilines is 2. The summed E-state index contributed by atoms with van der Waals surface area (Å²) in [7, 11) is 0. The number of halogens is 8. The van der Waals surface area contributed by atoms with Gasteiger partial charge in [-0.05, 0) is 55.5 Å². The van der Waals surface area contributed by atoms with Crippen molar-refractivity contribution in [2.24, 2.45) is 5.92 Å². The molecule has 1 aliphatic carbocycles. The Labute approximate surface area is 249 Å². The largest absolute Gasteiger partial charge is 0.439 e. The van der Waals surface area contributed by atoms with Crippen molar-refractivity contribution in [3.8, 4) is 0 Å². The lowest BCUT2D eigenvalue weighted by Crippen LogP contribution is -2.35. The summed E-state index contributed by atoms with van der Waals surface area (Å²) in [5.41, 5.74) is -2.56. The molecule has 2 saturated heterocycles. The SMILES string of the molecule is CCC1CCCCC1Nc1ncc(N2CCC(F)(F)C2)cc1CN1C(=O)O[C@H](c2cc(C(F)(F)F)cc(C(F)(F)F)c2)[C@@H]1C. The molecule has 0 spiro atoms. The number of nitrogens with one attached hydrogen (secondary N) is 1. The van der Waals surface area contributed by atoms with Crippen LogP contribution in [0.1, 0.15) is 80.7 Å². The number of carbonyl (C=O) groups excluding carboxylic acids is 1. The fraction of sp³-hybridized carbons (Fsp3) is 0.600. The van der Waals surface area contributed by atoms with Crippen molar-refractivity contribution in [3.05, 3.63) is 52.7 Å². The molecule has 1 amide bonds. The lowest BCUT2D eigenvalue weighted by molar-refractivity contribution is -0.143. The van der Waals surface area contributed by atoms with E-state index < -0.39 is 59.7 Å². The summed E-state index contributed by atoms with van der Waals surface area (Å²) in [6.45, 7) is 3.02. The van der Waals surface area contributed by atoms with Crippen LogP contribution >= 0.6 is 0 Å². The van der Waals surface area contributed by atoms with Crippen molar-refractivity contribution < 1.29 is 44.7 Å². The summed E-state index contributed by atoms with van der Waals surface area (Å²) in [6.07, 6.45) is -6.33. The van der Waals surface area contributed by atoms with Crippen LogP contribution in [0.3, 0.4) is 0 Å². The molecule has 5 rings (SSSR count). The van der Waals surface area contributed by atoms with Gasteiger partial charge in [-0.3, -0.25) is 4.90 Å². The van der Waals surface area contributed by atoms with E-state index in [4.69, 9.17) is 4.74 Å². The van der Waals surface area contributed by atoms with Gasteiger partial charge in [-0.25, -0.2) is 18.6 Å². The molecule has 4 atom stereocenters. The molecule has 3 heterocycles. The van der Waals surface area contributed by atoms with E-state index in [1.54, 1.807) is 6.07 Å². The summed E-state index contributed by atoms with van der Waals surface area (Å²) in [4.78, 5) is 20.3. The van der Waals surface area contributed by atoms with E-state index in [2.05, 4.69) is 17.2 Å². The first-order valence-electron chi connectivity index (χ1n) is 14.7. The topological polar surface area (TPSA) is 57.7 Å². The van der Waals surface area contributed by atoms with Crippen molar-refractivity contribution >= 4 is 17.6 Å². The highest BCUT2D eigenvalue weighted by Gasteiger charge is 2.44. The van der Waals surface area contributed by atoms with Crippen molar-refractivity contribution in [1.29, 1.82) is 0 Å². The maximum atomic E-state index is 14.0. The number of rotatable bonds is 7. The van der Waals surface area contributed by atoms with Gasteiger partial charge in [-0.2, -0.15) is 26.3 Å². The van der Waals surface area contributed by atoms with Gasteiger partial charge < -0.3 is 15.0 Å². The normalized spacial score (nSPS) is 25.8. The molecule has 1 aromatic carbocycles. The average molecular weight is 635 g/mol. The third-order valence-corrected chi connectivity index (χ3v) is 8.91. The monoisotopic (exact) mass is 634 g/mol. The number of amides is 1. The third kappa shape index (κ3) is 6.83. The van der Waals surface area contributed by atoms with Crippen molar-refractivity contribution in [2.75, 3.05) is 23.3 Å². The Kier molecular flexibility index (Phi) is 8.67. The molecule has 2 unspecified atom stereocenters. The lowest BCUT2D eigenvalue weighted by Gasteiger charge is -2.33. The van der Waals surface area contributed by atoms with Crippen LogP contribution in [-0.4, -0.2) is 47.1 Å². The standard InChI is InChI=1S/C30H34F8N4O2/c1-3-18-6-4-5-7-24(18)40-26-20(12-23(14-39-26)41-9-8-28(31,32)16-41)15-42-17(2)25(44-27(42)43)19-10-21(29(33,34)35)13-22(11-19)30(36,37)38/h10-14,17-18,24-25H,3-9,15-16H2,1-2H3,(H,39,40)/t17-,18?,24?,25-/m0/s1. The zero-order valence-corrected chi connectivity index (χ0v) is 24.2. The maximum absolute atomic E-state index is 14.0. The molecule has 1 N–H and O–H groups in total. The summed E-state index contributed by atoms with van der Waals surface area (Å²) >= 11 is 0. The number of ether oxygens (including phenoxy) is 1. The molecule has 2 aliphatic heterocycles. The zero-order valence-electron chi connectivity index (χ0n) is 24.2. The minimum Gasteiger partial charge on any atom is -0.439 e. The van der Waals surface area contributed by atoms with Crippen LogP contribution in [0.15, 0.2) is 30.5 Å². The summed E-state index contributed by atoms with van der Waals surface area (Å²) < 4.78 is 114. The molecule has 3 aliphatic rings. The van der Waals surface area contributed by atoms with Gasteiger partial charge >= 0.3 is 18.4 Å². The van der Waals surface area contributed by atoms with Crippen LogP contribution in [0, 0.1) is 5.92 Å². The molecule has 14 heteroatoms. The van der Waals surface area contributed by atoms with Crippen LogP contribution in [0.5, 0.6) is 0 Å². The molecule has 1 saturated carbocycles. The quantitative estimate of drug-likeness (QED) is 0.310. The third-order valence-electron chi connectivity index (χ3n) is 8.91. The minimum absolute atomic E-state index is 0.0224. The van der Waals surface area contributed by atoms with Crippen molar-refractivity contribution in [1.82, 2.24) is 9.88 Å². The van der Waals surface area contributed by atoms with Crippen molar-refractivity contribution in [3.63, 3.8) is 0 Å². The van der Waals surface area contributed by atoms with Gasteiger partial charge in [0.15, 0.2) is 0 Å². The van der Waals surface area contributed by atoms with E-state index in [9.17, 15) is 39.9 Å². The van der Waals surface area contributed by atoms with E-state index in [1.807, 2.05) is 0 Å². The molecule has 3 fully saturated rings. The van der Waals surface area contributed by atoms with Gasteiger partial charge in [0.2, 0.25) is 0 Å². The molecular formula is C30H34F8N4O2. The van der Waals surface area contributed by atoms with E-state index >= 15 is 0 Å². The Balaban J connectivity index is 1.46. The number of cyclic esters (lactones) is 1. The highest BCUT2D eigenvalue weighted by Crippen LogP contribution is 2.42. The Morgan fingerprint density at radius 2 is 1.68 bits per heavy atom. The maximum Gasteiger partial charge on any atom is 0.416 e. The van der Waals surface area contributed by atoms with Gasteiger partial charge in [0, 0.05) is 24.6 Å². The molecule has 242 valence electrons. The highest BCUT2D eigenvalue weighted by atomic mass is 19.4. The minimum atomic E-state index is -5.06. The van der Waals surface area contributed by atoms with Crippen LogP contribution < -0.4 is 10.2 Å². The summed E-state index contributed by atoms with van der Waals surface area (Å²) in [5.74, 6) is -2.06. The van der Waals surface area contributed by atoms with Crippen LogP contribution in [0.4, 0.5) is 51.4 Å². The Bertz CT molecular complexity index is 1330. The predicted molar refractivity (Wildman–Crippen MR) is 146 cm³/mol. The average Bonchev–Trinajstić information content (AvgIpc) is 3.46. The first kappa shape index (κ1) is 32.1. The van der Waals surface area contributed by atoms with Crippen LogP contribution in [-0.2, 0) is 23.6 Å². The highest BCUT2D eigenvalue weighted by molar-refractivity contribution is 5.72. The van der Waals surface area contributed by atoms with E-state index in [1.165, 1.54) is 22.9 Å². The van der Waals surface area contributed by atoms with E-state index in [0.29, 0.717) is 35.1 Å². The molecule has 0 bridgehead atoms. The van der Waals surface area contributed by atoms with Crippen molar-refractivity contribution in [2.45, 2.75) is 95.4 Å². The summed E-state index contributed by atoms with van der Waals surface area (Å²) in [5, 5.41) is 3.47. The number of hydrogen-bond acceptors (Lipinski definition) is 5. The Hall–Kier alpha value is -3.32.